The molecule has 0 spiro atoms. The van der Waals surface area contributed by atoms with E-state index in [0.29, 0.717) is 6.61 Å². The lowest BCUT2D eigenvalue weighted by Gasteiger charge is -2.07. The van der Waals surface area contributed by atoms with Crippen LogP contribution >= 0.6 is 0 Å². The molecule has 4 heteroatoms. The Kier molecular flexibility index (Phi) is 3.39. The molecule has 0 bridgehead atoms. The third-order valence-corrected chi connectivity index (χ3v) is 3.16. The molecule has 0 saturated carbocycles. The number of aliphatic hydroxyl groups is 1. The molecule has 1 N–H and O–H groups in total. The number of imidazole rings is 1. The molecular weight excluding hydrogens is 252 g/mol. The van der Waals surface area contributed by atoms with Crippen LogP contribution in [0.3, 0.4) is 0 Å². The first kappa shape index (κ1) is 12.7. The van der Waals surface area contributed by atoms with Gasteiger partial charge in [0.05, 0.1) is 11.8 Å². The van der Waals surface area contributed by atoms with Crippen molar-refractivity contribution in [2.45, 2.75) is 19.6 Å². The molecule has 0 aliphatic carbocycles. The maximum atomic E-state index is 9.45. The van der Waals surface area contributed by atoms with Crippen LogP contribution in [-0.2, 0) is 6.61 Å². The minimum Gasteiger partial charge on any atom is -0.487 e. The molecule has 0 fully saturated rings. The Morgan fingerprint density at radius 2 is 2.00 bits per heavy atom. The highest BCUT2D eigenvalue weighted by molar-refractivity contribution is 5.39. The van der Waals surface area contributed by atoms with Crippen LogP contribution in [0, 0.1) is 0 Å². The van der Waals surface area contributed by atoms with Gasteiger partial charge in [-0.1, -0.05) is 18.2 Å². The number of rotatable bonds is 4. The van der Waals surface area contributed by atoms with Crippen molar-refractivity contribution in [3.8, 4) is 5.75 Å². The number of benzene rings is 1. The molecule has 2 heterocycles. The molecule has 0 aliphatic heterocycles. The van der Waals surface area contributed by atoms with Gasteiger partial charge in [0.25, 0.3) is 0 Å². The summed E-state index contributed by atoms with van der Waals surface area (Å²) in [6.45, 7) is 2.17. The smallest absolute Gasteiger partial charge is 0.137 e. The Morgan fingerprint density at radius 1 is 1.20 bits per heavy atom. The van der Waals surface area contributed by atoms with Gasteiger partial charge in [-0.25, -0.2) is 4.98 Å². The average Bonchev–Trinajstić information content (AvgIpc) is 2.88. The molecule has 3 rings (SSSR count). The normalized spacial score (nSPS) is 12.5. The van der Waals surface area contributed by atoms with Gasteiger partial charge < -0.3 is 14.2 Å². The van der Waals surface area contributed by atoms with Gasteiger partial charge in [-0.2, -0.15) is 0 Å². The molecule has 2 aromatic heterocycles. The van der Waals surface area contributed by atoms with E-state index in [1.165, 1.54) is 0 Å². The van der Waals surface area contributed by atoms with Crippen LogP contribution in [0.1, 0.15) is 24.3 Å². The molecule has 0 saturated heterocycles. The summed E-state index contributed by atoms with van der Waals surface area (Å²) in [5, 5.41) is 9.45. The molecule has 1 aromatic carbocycles. The van der Waals surface area contributed by atoms with Crippen LogP contribution in [0.15, 0.2) is 54.9 Å². The number of aromatic nitrogens is 2. The topological polar surface area (TPSA) is 46.8 Å². The molecule has 4 nitrogen and oxygen atoms in total. The van der Waals surface area contributed by atoms with E-state index in [9.17, 15) is 5.11 Å². The van der Waals surface area contributed by atoms with E-state index in [-0.39, 0.29) is 0 Å². The van der Waals surface area contributed by atoms with Crippen molar-refractivity contribution in [1.29, 1.82) is 0 Å². The lowest BCUT2D eigenvalue weighted by Crippen LogP contribution is -1.96. The van der Waals surface area contributed by atoms with E-state index in [1.807, 2.05) is 59.3 Å². The number of hydrogen-bond donors (Lipinski definition) is 1. The lowest BCUT2D eigenvalue weighted by molar-refractivity contribution is 0.199. The molecular formula is C16H16N2O2. The number of fused-ring (bicyclic) bond motifs is 1. The van der Waals surface area contributed by atoms with Crippen LogP contribution in [-0.4, -0.2) is 14.5 Å². The highest BCUT2D eigenvalue weighted by Crippen LogP contribution is 2.18. The van der Waals surface area contributed by atoms with E-state index in [0.717, 1.165) is 22.7 Å². The standard InChI is InChI=1S/C16H16N2O2/c1-12(19)13-5-7-15(8-6-13)20-11-14-10-18-9-3-2-4-16(18)17-14/h2-10,12,19H,11H2,1H3/t12-/m1/s1. The van der Waals surface area contributed by atoms with Crippen LogP contribution in [0.5, 0.6) is 5.75 Å². The molecule has 20 heavy (non-hydrogen) atoms. The van der Waals surface area contributed by atoms with Crippen molar-refractivity contribution in [2.24, 2.45) is 0 Å². The Morgan fingerprint density at radius 3 is 2.70 bits per heavy atom. The minimum atomic E-state index is -0.456. The number of ether oxygens (including phenoxy) is 1. The van der Waals surface area contributed by atoms with Crippen molar-refractivity contribution in [2.75, 3.05) is 0 Å². The lowest BCUT2D eigenvalue weighted by atomic mass is 10.1. The molecule has 0 radical (unpaired) electrons. The van der Waals surface area contributed by atoms with Crippen LogP contribution in [0.4, 0.5) is 0 Å². The zero-order chi connectivity index (χ0) is 13.9. The van der Waals surface area contributed by atoms with Crippen molar-refractivity contribution < 1.29 is 9.84 Å². The largest absolute Gasteiger partial charge is 0.487 e. The zero-order valence-corrected chi connectivity index (χ0v) is 11.2. The SMILES string of the molecule is C[C@@H](O)c1ccc(OCc2cn3ccccc3n2)cc1. The maximum Gasteiger partial charge on any atom is 0.137 e. The van der Waals surface area contributed by atoms with E-state index >= 15 is 0 Å². The summed E-state index contributed by atoms with van der Waals surface area (Å²) in [5.74, 6) is 0.770. The van der Waals surface area contributed by atoms with E-state index < -0.39 is 6.10 Å². The number of aliphatic hydroxyl groups excluding tert-OH is 1. The highest BCUT2D eigenvalue weighted by Gasteiger charge is 2.03. The molecule has 0 unspecified atom stereocenters. The Labute approximate surface area is 117 Å². The minimum absolute atomic E-state index is 0.426. The summed E-state index contributed by atoms with van der Waals surface area (Å²) in [7, 11) is 0. The van der Waals surface area contributed by atoms with E-state index in [2.05, 4.69) is 4.98 Å². The van der Waals surface area contributed by atoms with E-state index in [4.69, 9.17) is 4.74 Å². The predicted molar refractivity (Wildman–Crippen MR) is 76.6 cm³/mol. The van der Waals surface area contributed by atoms with Crippen LogP contribution in [0.25, 0.3) is 5.65 Å². The number of hydrogen-bond acceptors (Lipinski definition) is 3. The maximum absolute atomic E-state index is 9.45. The first-order chi connectivity index (χ1) is 9.72. The summed E-state index contributed by atoms with van der Waals surface area (Å²) in [5.41, 5.74) is 2.68. The Balaban J connectivity index is 1.69. The summed E-state index contributed by atoms with van der Waals surface area (Å²) in [4.78, 5) is 4.47. The molecule has 1 atom stereocenters. The van der Waals surface area contributed by atoms with Gasteiger partial charge in [-0.3, -0.25) is 0 Å². The number of pyridine rings is 1. The summed E-state index contributed by atoms with van der Waals surface area (Å²) in [6.07, 6.45) is 3.46. The van der Waals surface area contributed by atoms with Crippen molar-refractivity contribution in [3.05, 3.63) is 66.1 Å². The fourth-order valence-corrected chi connectivity index (χ4v) is 2.06. The Hall–Kier alpha value is -2.33. The first-order valence-corrected chi connectivity index (χ1v) is 6.56. The second-order valence-corrected chi connectivity index (χ2v) is 4.73. The van der Waals surface area contributed by atoms with Gasteiger partial charge >= 0.3 is 0 Å². The zero-order valence-electron chi connectivity index (χ0n) is 11.2. The van der Waals surface area contributed by atoms with Crippen molar-refractivity contribution in [3.63, 3.8) is 0 Å². The molecule has 0 amide bonds. The summed E-state index contributed by atoms with van der Waals surface area (Å²) < 4.78 is 7.67. The van der Waals surface area contributed by atoms with Gasteiger partial charge in [0.2, 0.25) is 0 Å². The van der Waals surface area contributed by atoms with Crippen molar-refractivity contribution in [1.82, 2.24) is 9.38 Å². The predicted octanol–water partition coefficient (Wildman–Crippen LogP) is 2.97. The molecule has 102 valence electrons. The quantitative estimate of drug-likeness (QED) is 0.791. The summed E-state index contributed by atoms with van der Waals surface area (Å²) in [6, 6.07) is 13.3. The van der Waals surface area contributed by atoms with Gasteiger partial charge in [-0.05, 0) is 36.8 Å². The third kappa shape index (κ3) is 2.65. The third-order valence-electron chi connectivity index (χ3n) is 3.16. The van der Waals surface area contributed by atoms with Gasteiger partial charge in [0.15, 0.2) is 0 Å². The second-order valence-electron chi connectivity index (χ2n) is 4.73. The fraction of sp³-hybridized carbons (Fsp3) is 0.188. The molecule has 0 aliphatic rings. The highest BCUT2D eigenvalue weighted by atomic mass is 16.5. The summed E-state index contributed by atoms with van der Waals surface area (Å²) >= 11 is 0. The molecule has 3 aromatic rings. The van der Waals surface area contributed by atoms with Gasteiger partial charge in [-0.15, -0.1) is 0 Å². The van der Waals surface area contributed by atoms with Crippen LogP contribution in [0.2, 0.25) is 0 Å². The average molecular weight is 268 g/mol. The fourth-order valence-electron chi connectivity index (χ4n) is 2.06. The second kappa shape index (κ2) is 5.35. The van der Waals surface area contributed by atoms with Crippen molar-refractivity contribution >= 4 is 5.65 Å². The first-order valence-electron chi connectivity index (χ1n) is 6.56. The van der Waals surface area contributed by atoms with Gasteiger partial charge in [0.1, 0.15) is 18.0 Å². The monoisotopic (exact) mass is 268 g/mol. The van der Waals surface area contributed by atoms with Gasteiger partial charge in [0, 0.05) is 12.4 Å². The Bertz CT molecular complexity index is 669. The number of nitrogens with zero attached hydrogens (tertiary/aromatic N) is 2. The van der Waals surface area contributed by atoms with E-state index in [1.54, 1.807) is 6.92 Å². The van der Waals surface area contributed by atoms with Crippen LogP contribution < -0.4 is 4.74 Å².